The molecule has 0 aliphatic rings. The lowest BCUT2D eigenvalue weighted by Gasteiger charge is -2.20. The van der Waals surface area contributed by atoms with Crippen LogP contribution in [0.15, 0.2) is 59.7 Å². The fourth-order valence-corrected chi connectivity index (χ4v) is 8.62. The summed E-state index contributed by atoms with van der Waals surface area (Å²) in [4.78, 5) is 3.56. The van der Waals surface area contributed by atoms with Gasteiger partial charge < -0.3 is 5.53 Å². The maximum Gasteiger partial charge on any atom is 0.303 e. The lowest BCUT2D eigenvalue weighted by molar-refractivity contribution is 0.00739. The van der Waals surface area contributed by atoms with Crippen molar-refractivity contribution in [1.82, 2.24) is 0 Å². The van der Waals surface area contributed by atoms with E-state index in [2.05, 4.69) is 98.7 Å². The number of aryl methyl sites for hydroxylation is 2. The van der Waals surface area contributed by atoms with Gasteiger partial charge in [0.1, 0.15) is 0 Å². The van der Waals surface area contributed by atoms with Crippen LogP contribution in [-0.4, -0.2) is 10.7 Å². The molecule has 0 N–H and O–H groups in total. The molecular formula is C57H90N2. The number of hydrogen-bond acceptors (Lipinski definition) is 0. The van der Waals surface area contributed by atoms with E-state index in [0.29, 0.717) is 0 Å². The monoisotopic (exact) mass is 803 g/mol. The van der Waals surface area contributed by atoms with Gasteiger partial charge in [-0.15, -0.1) is 16.6 Å². The predicted octanol–water partition coefficient (Wildman–Crippen LogP) is 18.4. The highest BCUT2D eigenvalue weighted by atomic mass is 14.8. The second-order valence-corrected chi connectivity index (χ2v) is 17.6. The summed E-state index contributed by atoms with van der Waals surface area (Å²) in [5.41, 5.74) is 19.1. The smallest absolute Gasteiger partial charge is 0.303 e. The lowest BCUT2D eigenvalue weighted by Crippen LogP contribution is -2.04. The van der Waals surface area contributed by atoms with Gasteiger partial charge in [0.2, 0.25) is 0 Å². The molecule has 0 aromatic heterocycles. The molecule has 0 atom stereocenters. The van der Waals surface area contributed by atoms with E-state index in [1.807, 2.05) is 0 Å². The number of benzene rings is 2. The van der Waals surface area contributed by atoms with Crippen molar-refractivity contribution >= 4 is 11.4 Å². The maximum atomic E-state index is 9.95. The summed E-state index contributed by atoms with van der Waals surface area (Å²) < 4.78 is 0. The molecule has 2 nitrogen and oxygen atoms in total. The topological polar surface area (TPSA) is 36.4 Å². The maximum absolute atomic E-state index is 9.95. The highest BCUT2D eigenvalue weighted by Gasteiger charge is 2.20. The van der Waals surface area contributed by atoms with E-state index in [-0.39, 0.29) is 0 Å². The summed E-state index contributed by atoms with van der Waals surface area (Å²) in [6.07, 6.45) is 44.3. The Balaban J connectivity index is 2.01. The van der Waals surface area contributed by atoms with Crippen molar-refractivity contribution in [3.05, 3.63) is 87.5 Å². The van der Waals surface area contributed by atoms with Crippen molar-refractivity contribution < 1.29 is 4.79 Å². The summed E-state index contributed by atoms with van der Waals surface area (Å²) in [7, 11) is 0. The van der Waals surface area contributed by atoms with Gasteiger partial charge in [0.05, 0.1) is 5.57 Å². The van der Waals surface area contributed by atoms with Crippen LogP contribution in [-0.2, 0) is 12.8 Å². The van der Waals surface area contributed by atoms with Gasteiger partial charge in [-0.3, -0.25) is 0 Å². The SMILES string of the molecule is CCCCCCCCCCCCCCCCCCCC#CCCCc1ccccc1C(=C(CCCCC)C(=C=[N+]=[N-])CCCCCCCC)c1cccc(CCCC)c1. The zero-order chi connectivity index (χ0) is 42.3. The van der Waals surface area contributed by atoms with E-state index in [4.69, 9.17) is 0 Å². The molecule has 2 heteroatoms. The number of allylic oxidation sites excluding steroid dienone is 2. The van der Waals surface area contributed by atoms with Crippen LogP contribution in [0.1, 0.15) is 262 Å². The minimum absolute atomic E-state index is 0.897. The van der Waals surface area contributed by atoms with Crippen LogP contribution in [0.3, 0.4) is 0 Å². The second kappa shape index (κ2) is 37.9. The van der Waals surface area contributed by atoms with Crippen LogP contribution in [0.4, 0.5) is 0 Å². The fraction of sp³-hybridized carbons (Fsp3) is 0.684. The van der Waals surface area contributed by atoms with Crippen molar-refractivity contribution in [2.24, 2.45) is 0 Å². The minimum Gasteiger partial charge on any atom is -0.348 e. The zero-order valence-corrected chi connectivity index (χ0v) is 39.3. The highest BCUT2D eigenvalue weighted by Crippen LogP contribution is 2.37. The molecule has 2 aromatic carbocycles. The van der Waals surface area contributed by atoms with Crippen molar-refractivity contribution in [1.29, 1.82) is 0 Å². The number of unbranched alkanes of at least 4 members (excludes halogenated alkanes) is 26. The molecule has 0 amide bonds. The minimum atomic E-state index is 0.897. The first-order valence-electron chi connectivity index (χ1n) is 25.5. The first-order chi connectivity index (χ1) is 29.2. The zero-order valence-electron chi connectivity index (χ0n) is 39.3. The van der Waals surface area contributed by atoms with Crippen molar-refractivity contribution in [2.75, 3.05) is 0 Å². The summed E-state index contributed by atoms with van der Waals surface area (Å²) >= 11 is 0. The van der Waals surface area contributed by atoms with Gasteiger partial charge >= 0.3 is 5.87 Å². The average Bonchev–Trinajstić information content (AvgIpc) is 3.25. The van der Waals surface area contributed by atoms with Gasteiger partial charge in [-0.1, -0.05) is 230 Å². The standard InChI is InChI=1S/C57H90N2/c1-5-9-13-15-17-18-19-20-21-22-23-24-25-26-27-28-29-30-31-32-34-36-43-52-44-38-39-48-55(52)57(53-46-40-42-51(49-53)41-12-8-4)56(47-35-11-7-3)54(50-59-58)45-37-33-16-14-10-6-2/h38-40,42,44,46,48-49H,5-30,33-37,41,43,45,47H2,1-4H3. The predicted molar refractivity (Wildman–Crippen MR) is 261 cm³/mol. The van der Waals surface area contributed by atoms with Crippen LogP contribution in [0.25, 0.3) is 11.1 Å². The molecule has 0 fully saturated rings. The van der Waals surface area contributed by atoms with E-state index < -0.39 is 0 Å². The summed E-state index contributed by atoms with van der Waals surface area (Å²) in [5.74, 6) is 10.2. The normalized spacial score (nSPS) is 11.5. The largest absolute Gasteiger partial charge is 0.348 e. The Labute approximate surface area is 366 Å². The van der Waals surface area contributed by atoms with E-state index >= 15 is 0 Å². The molecule has 59 heavy (non-hydrogen) atoms. The van der Waals surface area contributed by atoms with E-state index in [1.54, 1.807) is 0 Å². The lowest BCUT2D eigenvalue weighted by atomic mass is 9.82. The van der Waals surface area contributed by atoms with Crippen LogP contribution in [0.2, 0.25) is 0 Å². The van der Waals surface area contributed by atoms with Gasteiger partial charge in [0.25, 0.3) is 0 Å². The molecule has 0 saturated carbocycles. The third kappa shape index (κ3) is 25.3. The molecule has 0 heterocycles. The Morgan fingerprint density at radius 3 is 1.54 bits per heavy atom. The molecule has 0 saturated heterocycles. The Hall–Kier alpha value is -3.10. The molecule has 0 radical (unpaired) electrons. The quantitative estimate of drug-likeness (QED) is 0.0163. The third-order valence-electron chi connectivity index (χ3n) is 12.3. The van der Waals surface area contributed by atoms with E-state index in [1.165, 1.54) is 200 Å². The van der Waals surface area contributed by atoms with Gasteiger partial charge in [-0.05, 0) is 91.2 Å². The molecule has 0 aliphatic carbocycles. The van der Waals surface area contributed by atoms with Crippen LogP contribution in [0.5, 0.6) is 0 Å². The molecule has 2 aromatic rings. The van der Waals surface area contributed by atoms with Crippen LogP contribution in [0, 0.1) is 11.8 Å². The molecule has 2 rings (SSSR count). The Bertz CT molecular complexity index is 1500. The Morgan fingerprint density at radius 1 is 0.475 bits per heavy atom. The number of nitrogens with zero attached hydrogens (tertiary/aromatic N) is 2. The van der Waals surface area contributed by atoms with Crippen molar-refractivity contribution in [2.45, 2.75) is 252 Å². The van der Waals surface area contributed by atoms with Crippen molar-refractivity contribution in [3.8, 4) is 11.8 Å². The molecule has 0 aliphatic heterocycles. The molecule has 0 spiro atoms. The van der Waals surface area contributed by atoms with Gasteiger partial charge in [-0.25, -0.2) is 0 Å². The number of rotatable bonds is 37. The van der Waals surface area contributed by atoms with Gasteiger partial charge in [0, 0.05) is 12.8 Å². The van der Waals surface area contributed by atoms with Gasteiger partial charge in [0.15, 0.2) is 0 Å². The molecule has 0 unspecified atom stereocenters. The first-order valence-corrected chi connectivity index (χ1v) is 25.5. The number of hydrogen-bond donors (Lipinski definition) is 0. The molecule has 0 bridgehead atoms. The van der Waals surface area contributed by atoms with Crippen LogP contribution < -0.4 is 0 Å². The Morgan fingerprint density at radius 2 is 0.966 bits per heavy atom. The molecule has 328 valence electrons. The third-order valence-corrected chi connectivity index (χ3v) is 12.3. The summed E-state index contributed by atoms with van der Waals surface area (Å²) in [5, 5.41) is 0. The van der Waals surface area contributed by atoms with E-state index in [9.17, 15) is 5.53 Å². The Kier molecular flexibility index (Phi) is 33.4. The van der Waals surface area contributed by atoms with Gasteiger partial charge in [-0.2, -0.15) is 0 Å². The summed E-state index contributed by atoms with van der Waals surface area (Å²) in [6, 6.07) is 18.4. The fourth-order valence-electron chi connectivity index (χ4n) is 8.62. The van der Waals surface area contributed by atoms with E-state index in [0.717, 1.165) is 63.4 Å². The molecular weight excluding hydrogens is 713 g/mol. The summed E-state index contributed by atoms with van der Waals surface area (Å²) in [6.45, 7) is 9.13. The average molecular weight is 803 g/mol. The highest BCUT2D eigenvalue weighted by molar-refractivity contribution is 5.88. The first kappa shape index (κ1) is 52.0. The van der Waals surface area contributed by atoms with Crippen LogP contribution >= 0.6 is 0 Å². The second-order valence-electron chi connectivity index (χ2n) is 17.6. The van der Waals surface area contributed by atoms with Crippen molar-refractivity contribution in [3.63, 3.8) is 0 Å².